The first-order chi connectivity index (χ1) is 13.2. The van der Waals surface area contributed by atoms with Crippen LogP contribution >= 0.6 is 0 Å². The SMILES string of the molecule is CCOCC[C@@H]1CCOC12CCN(C(=O)c1ccnc3ccccc13)CC2. The monoisotopic (exact) mass is 368 g/mol. The van der Waals surface area contributed by atoms with Crippen LogP contribution in [0.3, 0.4) is 0 Å². The number of pyridine rings is 1. The Hall–Kier alpha value is -1.98. The van der Waals surface area contributed by atoms with Gasteiger partial charge < -0.3 is 14.4 Å². The summed E-state index contributed by atoms with van der Waals surface area (Å²) in [6.07, 6.45) is 5.72. The molecule has 0 unspecified atom stereocenters. The molecule has 144 valence electrons. The van der Waals surface area contributed by atoms with Gasteiger partial charge in [-0.05, 0) is 50.7 Å². The van der Waals surface area contributed by atoms with Crippen LogP contribution in [0.1, 0.15) is 43.0 Å². The van der Waals surface area contributed by atoms with Gasteiger partial charge in [0, 0.05) is 44.5 Å². The second kappa shape index (κ2) is 7.95. The van der Waals surface area contributed by atoms with Crippen molar-refractivity contribution in [3.63, 3.8) is 0 Å². The van der Waals surface area contributed by atoms with Crippen molar-refractivity contribution in [2.75, 3.05) is 32.9 Å². The molecule has 5 heteroatoms. The molecule has 0 bridgehead atoms. The summed E-state index contributed by atoms with van der Waals surface area (Å²) in [6, 6.07) is 9.68. The predicted octanol–water partition coefficient (Wildman–Crippen LogP) is 3.67. The van der Waals surface area contributed by atoms with Crippen LogP contribution in [0.4, 0.5) is 0 Å². The van der Waals surface area contributed by atoms with E-state index in [9.17, 15) is 4.79 Å². The fourth-order valence-corrected chi connectivity index (χ4v) is 4.66. The number of amides is 1. The minimum absolute atomic E-state index is 0.0613. The molecule has 4 rings (SSSR count). The molecule has 2 saturated heterocycles. The van der Waals surface area contributed by atoms with Crippen molar-refractivity contribution >= 4 is 16.8 Å². The molecule has 2 fully saturated rings. The average Bonchev–Trinajstić information content (AvgIpc) is 3.10. The molecule has 2 aromatic rings. The van der Waals surface area contributed by atoms with Crippen LogP contribution in [0.25, 0.3) is 10.9 Å². The molecule has 0 radical (unpaired) electrons. The van der Waals surface area contributed by atoms with E-state index in [-0.39, 0.29) is 11.5 Å². The van der Waals surface area contributed by atoms with Gasteiger partial charge in [0.05, 0.1) is 16.7 Å². The van der Waals surface area contributed by atoms with Gasteiger partial charge in [0.15, 0.2) is 0 Å². The van der Waals surface area contributed by atoms with E-state index in [0.717, 1.165) is 75.1 Å². The van der Waals surface area contributed by atoms with Crippen molar-refractivity contribution in [1.82, 2.24) is 9.88 Å². The number of rotatable bonds is 5. The van der Waals surface area contributed by atoms with Gasteiger partial charge in [0.1, 0.15) is 0 Å². The summed E-state index contributed by atoms with van der Waals surface area (Å²) in [4.78, 5) is 19.5. The second-order valence-corrected chi connectivity index (χ2v) is 7.55. The zero-order chi connectivity index (χ0) is 18.7. The molecule has 2 aliphatic heterocycles. The molecular formula is C22H28N2O3. The highest BCUT2D eigenvalue weighted by Gasteiger charge is 2.46. The minimum atomic E-state index is -0.0613. The number of para-hydroxylation sites is 1. The van der Waals surface area contributed by atoms with E-state index >= 15 is 0 Å². The topological polar surface area (TPSA) is 51.7 Å². The van der Waals surface area contributed by atoms with Gasteiger partial charge in [0.25, 0.3) is 5.91 Å². The number of ether oxygens (including phenoxy) is 2. The molecule has 0 N–H and O–H groups in total. The number of piperidine rings is 1. The lowest BCUT2D eigenvalue weighted by Crippen LogP contribution is -2.49. The maximum Gasteiger partial charge on any atom is 0.254 e. The van der Waals surface area contributed by atoms with E-state index in [2.05, 4.69) is 4.98 Å². The largest absolute Gasteiger partial charge is 0.382 e. The van der Waals surface area contributed by atoms with Crippen molar-refractivity contribution in [3.8, 4) is 0 Å². The predicted molar refractivity (Wildman–Crippen MR) is 105 cm³/mol. The molecule has 1 spiro atoms. The standard InChI is InChI=1S/C22H28N2O3/c1-2-26-15-8-17-9-16-27-22(17)10-13-24(14-11-22)21(25)19-7-12-23-20-6-4-3-5-18(19)20/h3-7,12,17H,2,8-11,13-16H2,1H3/t17-/m1/s1. The third-order valence-corrected chi connectivity index (χ3v) is 6.19. The molecule has 1 aromatic heterocycles. The Morgan fingerprint density at radius 2 is 2.11 bits per heavy atom. The lowest BCUT2D eigenvalue weighted by Gasteiger charge is -2.42. The van der Waals surface area contributed by atoms with E-state index in [4.69, 9.17) is 9.47 Å². The number of carbonyl (C=O) groups is 1. The van der Waals surface area contributed by atoms with Gasteiger partial charge in [-0.15, -0.1) is 0 Å². The van der Waals surface area contributed by atoms with Crippen molar-refractivity contribution < 1.29 is 14.3 Å². The fraction of sp³-hybridized carbons (Fsp3) is 0.545. The number of carbonyl (C=O) groups excluding carboxylic acids is 1. The summed E-state index contributed by atoms with van der Waals surface area (Å²) >= 11 is 0. The van der Waals surface area contributed by atoms with E-state index in [0.29, 0.717) is 5.92 Å². The average molecular weight is 368 g/mol. The van der Waals surface area contributed by atoms with Gasteiger partial charge in [-0.3, -0.25) is 9.78 Å². The van der Waals surface area contributed by atoms with Crippen LogP contribution in [-0.4, -0.2) is 54.3 Å². The number of likely N-dealkylation sites (tertiary alicyclic amines) is 1. The smallest absolute Gasteiger partial charge is 0.254 e. The Balaban J connectivity index is 1.45. The molecule has 3 heterocycles. The van der Waals surface area contributed by atoms with E-state index in [1.165, 1.54) is 0 Å². The van der Waals surface area contributed by atoms with Gasteiger partial charge in [0.2, 0.25) is 0 Å². The van der Waals surface area contributed by atoms with Crippen molar-refractivity contribution in [1.29, 1.82) is 0 Å². The third-order valence-electron chi connectivity index (χ3n) is 6.19. The zero-order valence-electron chi connectivity index (χ0n) is 16.0. The highest BCUT2D eigenvalue weighted by molar-refractivity contribution is 6.06. The Bertz CT molecular complexity index is 794. The summed E-state index contributed by atoms with van der Waals surface area (Å²) in [7, 11) is 0. The van der Waals surface area contributed by atoms with Crippen molar-refractivity contribution in [2.45, 2.75) is 38.2 Å². The maximum atomic E-state index is 13.1. The molecule has 0 aliphatic carbocycles. The van der Waals surface area contributed by atoms with E-state index < -0.39 is 0 Å². The Morgan fingerprint density at radius 1 is 1.30 bits per heavy atom. The van der Waals surface area contributed by atoms with Crippen molar-refractivity contribution in [2.24, 2.45) is 5.92 Å². The van der Waals surface area contributed by atoms with Gasteiger partial charge in [-0.1, -0.05) is 18.2 Å². The molecule has 1 amide bonds. The first-order valence-electron chi connectivity index (χ1n) is 10.1. The summed E-state index contributed by atoms with van der Waals surface area (Å²) in [5.41, 5.74) is 1.55. The quantitative estimate of drug-likeness (QED) is 0.756. The molecular weight excluding hydrogens is 340 g/mol. The molecule has 5 nitrogen and oxygen atoms in total. The Labute approximate surface area is 160 Å². The molecule has 1 atom stereocenters. The second-order valence-electron chi connectivity index (χ2n) is 7.55. The number of hydrogen-bond acceptors (Lipinski definition) is 4. The molecule has 2 aliphatic rings. The van der Waals surface area contributed by atoms with Crippen LogP contribution < -0.4 is 0 Å². The lowest BCUT2D eigenvalue weighted by atomic mass is 9.78. The first-order valence-corrected chi connectivity index (χ1v) is 10.1. The van der Waals surface area contributed by atoms with Crippen LogP contribution in [0.15, 0.2) is 36.5 Å². The maximum absolute atomic E-state index is 13.1. The normalized spacial score (nSPS) is 21.8. The van der Waals surface area contributed by atoms with Crippen LogP contribution in [-0.2, 0) is 9.47 Å². The van der Waals surface area contributed by atoms with E-state index in [1.54, 1.807) is 6.20 Å². The minimum Gasteiger partial charge on any atom is -0.382 e. The van der Waals surface area contributed by atoms with Gasteiger partial charge in [-0.25, -0.2) is 0 Å². The van der Waals surface area contributed by atoms with Crippen LogP contribution in [0, 0.1) is 5.92 Å². The zero-order valence-corrected chi connectivity index (χ0v) is 16.0. The molecule has 1 aromatic carbocycles. The van der Waals surface area contributed by atoms with Crippen LogP contribution in [0.5, 0.6) is 0 Å². The number of nitrogens with zero attached hydrogens (tertiary/aromatic N) is 2. The van der Waals surface area contributed by atoms with Crippen LogP contribution in [0.2, 0.25) is 0 Å². The molecule has 27 heavy (non-hydrogen) atoms. The summed E-state index contributed by atoms with van der Waals surface area (Å²) in [5, 5.41) is 0.928. The molecule has 0 saturated carbocycles. The summed E-state index contributed by atoms with van der Waals surface area (Å²) < 4.78 is 11.8. The lowest BCUT2D eigenvalue weighted by molar-refractivity contribution is -0.0669. The Morgan fingerprint density at radius 3 is 2.93 bits per heavy atom. The number of hydrogen-bond donors (Lipinski definition) is 0. The fourth-order valence-electron chi connectivity index (χ4n) is 4.66. The summed E-state index contributed by atoms with van der Waals surface area (Å²) in [5.74, 6) is 0.648. The summed E-state index contributed by atoms with van der Waals surface area (Å²) in [6.45, 7) is 5.94. The highest BCUT2D eigenvalue weighted by atomic mass is 16.5. The van der Waals surface area contributed by atoms with E-state index in [1.807, 2.05) is 42.2 Å². The number of fused-ring (bicyclic) bond motifs is 1. The van der Waals surface area contributed by atoms with Gasteiger partial charge >= 0.3 is 0 Å². The third kappa shape index (κ3) is 3.58. The first kappa shape index (κ1) is 18.4. The number of aromatic nitrogens is 1. The Kier molecular flexibility index (Phi) is 5.41. The van der Waals surface area contributed by atoms with Gasteiger partial charge in [-0.2, -0.15) is 0 Å². The highest BCUT2D eigenvalue weighted by Crippen LogP contribution is 2.42. The van der Waals surface area contributed by atoms with Crippen molar-refractivity contribution in [3.05, 3.63) is 42.1 Å². The number of benzene rings is 1.